The van der Waals surface area contributed by atoms with Crippen molar-refractivity contribution in [2.24, 2.45) is 14.1 Å². The molecular formula is C34H44N8O4. The smallest absolute Gasteiger partial charge is 0.410 e. The number of hydrogen-bond donors (Lipinski definition) is 1. The molecule has 12 heteroatoms. The van der Waals surface area contributed by atoms with Gasteiger partial charge in [0.2, 0.25) is 5.91 Å². The first kappa shape index (κ1) is 31.4. The lowest BCUT2D eigenvalue weighted by Crippen LogP contribution is -2.48. The van der Waals surface area contributed by atoms with Gasteiger partial charge in [0.1, 0.15) is 11.1 Å². The number of hydrogen-bond acceptors (Lipinski definition) is 7. The third-order valence-corrected chi connectivity index (χ3v) is 8.82. The van der Waals surface area contributed by atoms with Crippen molar-refractivity contribution in [3.8, 4) is 0 Å². The quantitative estimate of drug-likeness (QED) is 0.304. The zero-order valence-corrected chi connectivity index (χ0v) is 27.7. The molecule has 244 valence electrons. The number of amides is 3. The molecule has 0 atom stereocenters. The largest absolute Gasteiger partial charge is 0.444 e. The van der Waals surface area contributed by atoms with Gasteiger partial charge in [-0.05, 0) is 71.2 Å². The van der Waals surface area contributed by atoms with Crippen LogP contribution in [0.2, 0.25) is 0 Å². The molecule has 2 aliphatic rings. The first-order valence-corrected chi connectivity index (χ1v) is 16.2. The summed E-state index contributed by atoms with van der Waals surface area (Å²) in [6, 6.07) is 7.79. The van der Waals surface area contributed by atoms with Gasteiger partial charge in [-0.2, -0.15) is 10.2 Å². The maximum Gasteiger partial charge on any atom is 0.410 e. The summed E-state index contributed by atoms with van der Waals surface area (Å²) < 4.78 is 9.15. The van der Waals surface area contributed by atoms with Crippen LogP contribution in [0.3, 0.4) is 0 Å². The number of fused-ring (bicyclic) bond motifs is 2. The highest BCUT2D eigenvalue weighted by atomic mass is 16.6. The van der Waals surface area contributed by atoms with Crippen LogP contribution in [0.5, 0.6) is 0 Å². The number of piperidine rings is 1. The molecule has 2 aromatic carbocycles. The maximum absolute atomic E-state index is 13.8. The van der Waals surface area contributed by atoms with Gasteiger partial charge >= 0.3 is 6.09 Å². The molecule has 0 bridgehead atoms. The van der Waals surface area contributed by atoms with Crippen molar-refractivity contribution in [3.05, 3.63) is 47.8 Å². The third-order valence-electron chi connectivity index (χ3n) is 8.82. The number of carbonyl (C=O) groups is 3. The van der Waals surface area contributed by atoms with Crippen LogP contribution in [0.1, 0.15) is 69.3 Å². The Labute approximate surface area is 269 Å². The van der Waals surface area contributed by atoms with Gasteiger partial charge in [0, 0.05) is 99.4 Å². The molecule has 2 aromatic heterocycles. The number of carbonyl (C=O) groups excluding carboxylic acids is 3. The fourth-order valence-corrected chi connectivity index (χ4v) is 6.74. The standard InChI is InChI=1S/C34H44N8O4/c1-7-42(33(45)46-34(2,3)4)25-12-15-40(16-13-25)28-11-10-26(31-27(28)21-39(6)37-31)32(44)35-24-17-22-19-38(5)36-30(22)23(18-24)20-41-14-8-9-29(41)43/h10-11,17-19,21,25H,7-9,12-16,20H2,1-6H3,(H,35,44). The molecule has 0 spiro atoms. The molecule has 0 aliphatic carbocycles. The fourth-order valence-electron chi connectivity index (χ4n) is 6.74. The first-order chi connectivity index (χ1) is 21.9. The van der Waals surface area contributed by atoms with E-state index < -0.39 is 5.60 Å². The van der Waals surface area contributed by atoms with Crippen molar-refractivity contribution < 1.29 is 19.1 Å². The number of ether oxygens (including phenoxy) is 1. The van der Waals surface area contributed by atoms with Crippen molar-refractivity contribution in [1.82, 2.24) is 29.4 Å². The van der Waals surface area contributed by atoms with Crippen LogP contribution >= 0.6 is 0 Å². The van der Waals surface area contributed by atoms with E-state index in [1.165, 1.54) is 0 Å². The number of rotatable bonds is 7. The van der Waals surface area contributed by atoms with Gasteiger partial charge in [0.05, 0.1) is 11.1 Å². The molecule has 0 radical (unpaired) electrons. The molecule has 0 unspecified atom stereocenters. The van der Waals surface area contributed by atoms with Crippen molar-refractivity contribution in [1.29, 1.82) is 0 Å². The highest BCUT2D eigenvalue weighted by Crippen LogP contribution is 2.33. The van der Waals surface area contributed by atoms with Crippen LogP contribution in [0, 0.1) is 0 Å². The molecule has 3 amide bonds. The Morgan fingerprint density at radius 1 is 1.02 bits per heavy atom. The van der Waals surface area contributed by atoms with Crippen molar-refractivity contribution >= 4 is 51.1 Å². The normalized spacial score (nSPS) is 16.1. The number of nitrogens with one attached hydrogen (secondary N) is 1. The van der Waals surface area contributed by atoms with E-state index in [9.17, 15) is 14.4 Å². The Bertz CT molecular complexity index is 1790. The second-order valence-corrected chi connectivity index (χ2v) is 13.4. The summed E-state index contributed by atoms with van der Waals surface area (Å²) in [6.45, 7) is 11.0. The lowest BCUT2D eigenvalue weighted by atomic mass is 10.0. The van der Waals surface area contributed by atoms with E-state index in [0.717, 1.165) is 66.4 Å². The van der Waals surface area contributed by atoms with Crippen molar-refractivity contribution in [3.63, 3.8) is 0 Å². The van der Waals surface area contributed by atoms with E-state index in [2.05, 4.69) is 15.3 Å². The van der Waals surface area contributed by atoms with E-state index in [0.29, 0.717) is 36.3 Å². The molecule has 0 saturated carbocycles. The Kier molecular flexibility index (Phi) is 8.39. The van der Waals surface area contributed by atoms with Crippen LogP contribution < -0.4 is 10.2 Å². The van der Waals surface area contributed by atoms with E-state index in [4.69, 9.17) is 9.84 Å². The number of anilines is 2. The van der Waals surface area contributed by atoms with Crippen LogP contribution in [0.4, 0.5) is 16.2 Å². The highest BCUT2D eigenvalue weighted by molar-refractivity contribution is 6.14. The molecule has 2 aliphatic heterocycles. The predicted molar refractivity (Wildman–Crippen MR) is 178 cm³/mol. The summed E-state index contributed by atoms with van der Waals surface area (Å²) in [7, 11) is 3.73. The summed E-state index contributed by atoms with van der Waals surface area (Å²) in [5.41, 5.74) is 3.98. The lowest BCUT2D eigenvalue weighted by molar-refractivity contribution is -0.128. The summed E-state index contributed by atoms with van der Waals surface area (Å²) >= 11 is 0. The van der Waals surface area contributed by atoms with Gasteiger partial charge in [-0.3, -0.25) is 19.0 Å². The molecule has 4 aromatic rings. The first-order valence-electron chi connectivity index (χ1n) is 16.2. The molecule has 12 nitrogen and oxygen atoms in total. The Morgan fingerprint density at radius 2 is 1.74 bits per heavy atom. The monoisotopic (exact) mass is 628 g/mol. The van der Waals surface area contributed by atoms with E-state index in [-0.39, 0.29) is 23.9 Å². The van der Waals surface area contributed by atoms with Crippen LogP contribution in [0.25, 0.3) is 21.8 Å². The predicted octanol–water partition coefficient (Wildman–Crippen LogP) is 5.06. The molecule has 2 saturated heterocycles. The Morgan fingerprint density at radius 3 is 2.41 bits per heavy atom. The SMILES string of the molecule is CCN(C(=O)OC(C)(C)C)C1CCN(c2ccc(C(=O)Nc3cc(CN4CCCC4=O)c4nn(C)cc4c3)c3nn(C)cc23)CC1. The van der Waals surface area contributed by atoms with E-state index in [1.54, 1.807) is 9.36 Å². The fraction of sp³-hybridized carbons (Fsp3) is 0.500. The third kappa shape index (κ3) is 6.38. The van der Waals surface area contributed by atoms with Crippen LogP contribution in [-0.4, -0.2) is 85.1 Å². The van der Waals surface area contributed by atoms with Gasteiger partial charge in [-0.15, -0.1) is 0 Å². The Balaban J connectivity index is 1.21. The zero-order chi connectivity index (χ0) is 32.7. The summed E-state index contributed by atoms with van der Waals surface area (Å²) in [5, 5.41) is 14.2. The Hall–Kier alpha value is -4.61. The minimum absolute atomic E-state index is 0.108. The lowest BCUT2D eigenvalue weighted by Gasteiger charge is -2.39. The van der Waals surface area contributed by atoms with Gasteiger partial charge in [-0.25, -0.2) is 4.79 Å². The average Bonchev–Trinajstić information content (AvgIpc) is 3.69. The van der Waals surface area contributed by atoms with Crippen molar-refractivity contribution in [2.45, 2.75) is 71.6 Å². The number of likely N-dealkylation sites (tertiary alicyclic amines) is 1. The maximum atomic E-state index is 13.8. The van der Waals surface area contributed by atoms with Gasteiger partial charge in [-0.1, -0.05) is 0 Å². The second-order valence-electron chi connectivity index (χ2n) is 13.4. The highest BCUT2D eigenvalue weighted by Gasteiger charge is 2.31. The minimum atomic E-state index is -0.535. The second kappa shape index (κ2) is 12.3. The minimum Gasteiger partial charge on any atom is -0.444 e. The molecule has 4 heterocycles. The number of aromatic nitrogens is 4. The zero-order valence-electron chi connectivity index (χ0n) is 27.7. The van der Waals surface area contributed by atoms with Crippen LogP contribution in [0.15, 0.2) is 36.7 Å². The van der Waals surface area contributed by atoms with Crippen LogP contribution in [-0.2, 0) is 30.2 Å². The van der Waals surface area contributed by atoms with Gasteiger partial charge < -0.3 is 24.8 Å². The summed E-state index contributed by atoms with van der Waals surface area (Å²) in [5.74, 6) is -0.109. The topological polar surface area (TPSA) is 118 Å². The summed E-state index contributed by atoms with van der Waals surface area (Å²) in [6.07, 6.45) is 6.68. The molecule has 46 heavy (non-hydrogen) atoms. The van der Waals surface area contributed by atoms with E-state index in [1.807, 2.05) is 88.2 Å². The van der Waals surface area contributed by atoms with Crippen molar-refractivity contribution in [2.75, 3.05) is 36.4 Å². The number of benzene rings is 2. The average molecular weight is 629 g/mol. The van der Waals surface area contributed by atoms with Gasteiger partial charge in [0.15, 0.2) is 0 Å². The molecule has 1 N–H and O–H groups in total. The number of nitrogens with zero attached hydrogens (tertiary/aromatic N) is 7. The summed E-state index contributed by atoms with van der Waals surface area (Å²) in [4.78, 5) is 45.0. The molecule has 2 fully saturated rings. The van der Waals surface area contributed by atoms with Gasteiger partial charge in [0.25, 0.3) is 5.91 Å². The molecule has 6 rings (SSSR count). The van der Waals surface area contributed by atoms with E-state index >= 15 is 0 Å². The molecular weight excluding hydrogens is 584 g/mol. The number of aryl methyl sites for hydroxylation is 2.